The molecule has 0 saturated heterocycles. The number of hydrogen-bond donors (Lipinski definition) is 1. The van der Waals surface area contributed by atoms with Crippen molar-refractivity contribution in [3.8, 4) is 0 Å². The second-order valence-electron chi connectivity index (χ2n) is 4.29. The summed E-state index contributed by atoms with van der Waals surface area (Å²) in [5.41, 5.74) is 1.33. The van der Waals surface area contributed by atoms with Gasteiger partial charge in [-0.25, -0.2) is 13.8 Å². The maximum atomic E-state index is 13.0. The van der Waals surface area contributed by atoms with Crippen LogP contribution < -0.4 is 5.32 Å². The first kappa shape index (κ1) is 14.6. The first-order valence-corrected chi connectivity index (χ1v) is 6.61. The molecule has 1 aromatic carbocycles. The molecule has 0 unspecified atom stereocenters. The van der Waals surface area contributed by atoms with Crippen LogP contribution in [0.5, 0.6) is 0 Å². The van der Waals surface area contributed by atoms with E-state index in [1.165, 1.54) is 6.07 Å². The third kappa shape index (κ3) is 3.60. The van der Waals surface area contributed by atoms with Crippen LogP contribution in [0.2, 0.25) is 0 Å². The molecule has 2 aromatic rings. The zero-order chi connectivity index (χ0) is 14.7. The summed E-state index contributed by atoms with van der Waals surface area (Å²) < 4.78 is 26.6. The van der Waals surface area contributed by atoms with Gasteiger partial charge in [-0.05, 0) is 52.2 Å². The van der Waals surface area contributed by atoms with Gasteiger partial charge in [-0.2, -0.15) is 0 Å². The lowest BCUT2D eigenvalue weighted by atomic mass is 10.1. The highest BCUT2D eigenvalue weighted by atomic mass is 79.9. The summed E-state index contributed by atoms with van der Waals surface area (Å²) in [5, 5.41) is 2.61. The van der Waals surface area contributed by atoms with Crippen molar-refractivity contribution in [3.05, 3.63) is 57.7 Å². The van der Waals surface area contributed by atoms with Gasteiger partial charge in [-0.3, -0.25) is 4.79 Å². The van der Waals surface area contributed by atoms with Crippen molar-refractivity contribution in [1.82, 2.24) is 4.98 Å². The minimum Gasteiger partial charge on any atom is -0.310 e. The molecule has 1 N–H and O–H groups in total. The number of amides is 1. The smallest absolute Gasteiger partial charge is 0.229 e. The van der Waals surface area contributed by atoms with Gasteiger partial charge >= 0.3 is 0 Å². The molecule has 0 bridgehead atoms. The molecule has 0 atom stereocenters. The minimum absolute atomic E-state index is 0.0476. The lowest BCUT2D eigenvalue weighted by Crippen LogP contribution is -2.15. The van der Waals surface area contributed by atoms with E-state index in [2.05, 4.69) is 26.2 Å². The fourth-order valence-electron chi connectivity index (χ4n) is 1.63. The van der Waals surface area contributed by atoms with Gasteiger partial charge in [-0.15, -0.1) is 0 Å². The molecule has 0 aliphatic heterocycles. The fourth-order valence-corrected chi connectivity index (χ4v) is 1.85. The molecule has 1 amide bonds. The number of benzene rings is 1. The van der Waals surface area contributed by atoms with Gasteiger partial charge in [0.2, 0.25) is 5.91 Å². The van der Waals surface area contributed by atoms with E-state index >= 15 is 0 Å². The Kier molecular flexibility index (Phi) is 4.44. The number of nitrogens with zero attached hydrogens (tertiary/aromatic N) is 1. The fraction of sp³-hybridized carbons (Fsp3) is 0.143. The van der Waals surface area contributed by atoms with Gasteiger partial charge in [0.25, 0.3) is 0 Å². The Balaban J connectivity index is 2.04. The number of carbonyl (C=O) groups excluding carboxylic acids is 1. The summed E-state index contributed by atoms with van der Waals surface area (Å²) in [6, 6.07) is 5.10. The van der Waals surface area contributed by atoms with Crippen molar-refractivity contribution >= 4 is 27.7 Å². The average Bonchev–Trinajstić information content (AvgIpc) is 2.38. The Morgan fingerprint density at radius 1 is 1.30 bits per heavy atom. The zero-order valence-electron chi connectivity index (χ0n) is 10.6. The molecule has 1 heterocycles. The van der Waals surface area contributed by atoms with Gasteiger partial charge < -0.3 is 5.32 Å². The Morgan fingerprint density at radius 3 is 2.70 bits per heavy atom. The SMILES string of the molecule is Cc1cc(NC(=O)Cc2ccc(F)c(F)c2)ncc1Br. The minimum atomic E-state index is -0.965. The summed E-state index contributed by atoms with van der Waals surface area (Å²) in [6.07, 6.45) is 1.54. The van der Waals surface area contributed by atoms with Crippen LogP contribution in [0, 0.1) is 18.6 Å². The summed E-state index contributed by atoms with van der Waals surface area (Å²) >= 11 is 3.31. The van der Waals surface area contributed by atoms with Crippen LogP contribution in [0.1, 0.15) is 11.1 Å². The van der Waals surface area contributed by atoms with Crippen LogP contribution in [-0.4, -0.2) is 10.9 Å². The quantitative estimate of drug-likeness (QED) is 0.927. The number of aryl methyl sites for hydroxylation is 1. The Bertz CT molecular complexity index is 606. The topological polar surface area (TPSA) is 42.0 Å². The normalized spacial score (nSPS) is 10.4. The lowest BCUT2D eigenvalue weighted by molar-refractivity contribution is -0.115. The molecule has 104 valence electrons. The first-order chi connectivity index (χ1) is 9.45. The van der Waals surface area contributed by atoms with Gasteiger partial charge in [0.15, 0.2) is 11.6 Å². The van der Waals surface area contributed by atoms with E-state index in [1.807, 2.05) is 6.92 Å². The maximum Gasteiger partial charge on any atom is 0.229 e. The van der Waals surface area contributed by atoms with E-state index in [-0.39, 0.29) is 12.3 Å². The monoisotopic (exact) mass is 340 g/mol. The number of hydrogen-bond acceptors (Lipinski definition) is 2. The predicted molar refractivity (Wildman–Crippen MR) is 75.4 cm³/mol. The molecule has 0 aliphatic carbocycles. The number of rotatable bonds is 3. The Labute approximate surface area is 123 Å². The first-order valence-electron chi connectivity index (χ1n) is 5.81. The van der Waals surface area contributed by atoms with Crippen LogP contribution in [0.3, 0.4) is 0 Å². The number of anilines is 1. The number of carbonyl (C=O) groups is 1. The molecular weight excluding hydrogens is 330 g/mol. The van der Waals surface area contributed by atoms with Crippen LogP contribution >= 0.6 is 15.9 Å². The van der Waals surface area contributed by atoms with Crippen LogP contribution in [0.15, 0.2) is 34.9 Å². The zero-order valence-corrected chi connectivity index (χ0v) is 12.2. The van der Waals surface area contributed by atoms with Gasteiger partial charge in [0, 0.05) is 10.7 Å². The van der Waals surface area contributed by atoms with E-state index < -0.39 is 11.6 Å². The predicted octanol–water partition coefficient (Wildman–Crippen LogP) is 3.61. The van der Waals surface area contributed by atoms with Crippen molar-refractivity contribution in [2.75, 3.05) is 5.32 Å². The van der Waals surface area contributed by atoms with Crippen LogP contribution in [0.4, 0.5) is 14.6 Å². The molecule has 0 radical (unpaired) electrons. The van der Waals surface area contributed by atoms with Crippen molar-refractivity contribution in [1.29, 1.82) is 0 Å². The summed E-state index contributed by atoms with van der Waals surface area (Å²) in [5.74, 6) is -1.82. The average molecular weight is 341 g/mol. The Hall–Kier alpha value is -1.82. The molecular formula is C14H11BrF2N2O. The molecule has 6 heteroatoms. The van der Waals surface area contributed by atoms with Gasteiger partial charge in [0.05, 0.1) is 6.42 Å². The highest BCUT2D eigenvalue weighted by Crippen LogP contribution is 2.17. The molecule has 3 nitrogen and oxygen atoms in total. The maximum absolute atomic E-state index is 13.0. The third-order valence-corrected chi connectivity index (χ3v) is 3.49. The summed E-state index contributed by atoms with van der Waals surface area (Å²) in [7, 11) is 0. The number of nitrogens with one attached hydrogen (secondary N) is 1. The van der Waals surface area contributed by atoms with Crippen LogP contribution in [0.25, 0.3) is 0 Å². The molecule has 0 fully saturated rings. The molecule has 0 saturated carbocycles. The second-order valence-corrected chi connectivity index (χ2v) is 5.15. The van der Waals surface area contributed by atoms with E-state index in [9.17, 15) is 13.6 Å². The van der Waals surface area contributed by atoms with Gasteiger partial charge in [-0.1, -0.05) is 6.07 Å². The third-order valence-electron chi connectivity index (χ3n) is 2.66. The molecule has 20 heavy (non-hydrogen) atoms. The number of aromatic nitrogens is 1. The van der Waals surface area contributed by atoms with Crippen molar-refractivity contribution in [2.45, 2.75) is 13.3 Å². The lowest BCUT2D eigenvalue weighted by Gasteiger charge is -2.06. The summed E-state index contributed by atoms with van der Waals surface area (Å²) in [6.45, 7) is 1.87. The molecule has 0 spiro atoms. The summed E-state index contributed by atoms with van der Waals surface area (Å²) in [4.78, 5) is 15.8. The van der Waals surface area contributed by atoms with E-state index in [1.54, 1.807) is 12.3 Å². The largest absolute Gasteiger partial charge is 0.310 e. The number of pyridine rings is 1. The standard InChI is InChI=1S/C14H11BrF2N2O/c1-8-4-13(18-7-10(8)15)19-14(20)6-9-2-3-11(16)12(17)5-9/h2-5,7H,6H2,1H3,(H,18,19,20). The van der Waals surface area contributed by atoms with E-state index in [4.69, 9.17) is 0 Å². The van der Waals surface area contributed by atoms with E-state index in [0.717, 1.165) is 22.2 Å². The highest BCUT2D eigenvalue weighted by molar-refractivity contribution is 9.10. The van der Waals surface area contributed by atoms with Crippen molar-refractivity contribution < 1.29 is 13.6 Å². The van der Waals surface area contributed by atoms with Gasteiger partial charge in [0.1, 0.15) is 5.82 Å². The van der Waals surface area contributed by atoms with E-state index in [0.29, 0.717) is 11.4 Å². The molecule has 1 aromatic heterocycles. The molecule has 2 rings (SSSR count). The Morgan fingerprint density at radius 2 is 2.05 bits per heavy atom. The molecule has 0 aliphatic rings. The second kappa shape index (κ2) is 6.09. The van der Waals surface area contributed by atoms with Crippen molar-refractivity contribution in [2.24, 2.45) is 0 Å². The highest BCUT2D eigenvalue weighted by Gasteiger charge is 2.08. The number of halogens is 3. The van der Waals surface area contributed by atoms with Crippen molar-refractivity contribution in [3.63, 3.8) is 0 Å². The van der Waals surface area contributed by atoms with Crippen LogP contribution in [-0.2, 0) is 11.2 Å².